The van der Waals surface area contributed by atoms with Gasteiger partial charge in [0.25, 0.3) is 0 Å². The lowest BCUT2D eigenvalue weighted by Crippen LogP contribution is -2.54. The van der Waals surface area contributed by atoms with Crippen molar-refractivity contribution in [3.8, 4) is 11.1 Å². The molecule has 8 heteroatoms. The summed E-state index contributed by atoms with van der Waals surface area (Å²) in [5.74, 6) is -1.40. The van der Waals surface area contributed by atoms with Gasteiger partial charge < -0.3 is 20.1 Å². The number of hydrogen-bond acceptors (Lipinski definition) is 5. The minimum absolute atomic E-state index is 0.0254. The first kappa shape index (κ1) is 30.8. The van der Waals surface area contributed by atoms with E-state index in [1.54, 1.807) is 32.9 Å². The number of esters is 1. The molecule has 0 radical (unpaired) electrons. The van der Waals surface area contributed by atoms with Gasteiger partial charge in [0.2, 0.25) is 5.91 Å². The minimum atomic E-state index is -1.04. The molecule has 1 aliphatic carbocycles. The third kappa shape index (κ3) is 8.18. The molecule has 2 N–H and O–H groups in total. The van der Waals surface area contributed by atoms with Gasteiger partial charge in [-0.15, -0.1) is 0 Å². The van der Waals surface area contributed by atoms with Crippen LogP contribution in [0.15, 0.2) is 72.8 Å². The number of halogens is 1. The lowest BCUT2D eigenvalue weighted by atomic mass is 9.94. The van der Waals surface area contributed by atoms with Crippen LogP contribution in [0.4, 0.5) is 9.18 Å². The van der Waals surface area contributed by atoms with E-state index >= 15 is 0 Å². The van der Waals surface area contributed by atoms with Gasteiger partial charge in [0.05, 0.1) is 0 Å². The molecule has 0 saturated carbocycles. The van der Waals surface area contributed by atoms with Gasteiger partial charge in [-0.2, -0.15) is 0 Å². The number of alkyl carbamates (subject to hydrolysis) is 1. The summed E-state index contributed by atoms with van der Waals surface area (Å²) in [5.41, 5.74) is 3.83. The van der Waals surface area contributed by atoms with Gasteiger partial charge in [-0.1, -0.05) is 60.7 Å². The molecule has 4 rings (SSSR count). The zero-order chi connectivity index (χ0) is 30.5. The standard InChI is InChI=1S/C34H39FN2O5/c1-33(2,3)42-30(38)19-18-29(31(39)37-34(4,5)20-22-14-16-23(35)17-15-22)36-32(40)41-21-28-26-12-8-6-10-24(26)25-11-7-9-13-27(25)28/h6-17,28-29H,18-21H2,1-5H3,(H,36,40)(H,37,39)/t29-/m0/s1. The molecule has 42 heavy (non-hydrogen) atoms. The molecule has 0 spiro atoms. The van der Waals surface area contributed by atoms with Crippen molar-refractivity contribution in [3.05, 3.63) is 95.3 Å². The maximum Gasteiger partial charge on any atom is 0.407 e. The summed E-state index contributed by atoms with van der Waals surface area (Å²) < 4.78 is 24.4. The number of hydrogen-bond donors (Lipinski definition) is 2. The molecule has 7 nitrogen and oxygen atoms in total. The van der Waals surface area contributed by atoms with Crippen molar-refractivity contribution < 1.29 is 28.2 Å². The summed E-state index contributed by atoms with van der Waals surface area (Å²) >= 11 is 0. The quantitative estimate of drug-likeness (QED) is 0.278. The first-order valence-electron chi connectivity index (χ1n) is 14.2. The number of benzene rings is 3. The summed E-state index contributed by atoms with van der Waals surface area (Å²) in [4.78, 5) is 38.9. The molecule has 222 valence electrons. The highest BCUT2D eigenvalue weighted by Crippen LogP contribution is 2.44. The van der Waals surface area contributed by atoms with Crippen LogP contribution in [0.25, 0.3) is 11.1 Å². The summed E-state index contributed by atoms with van der Waals surface area (Å²) in [5, 5.41) is 5.64. The number of fused-ring (bicyclic) bond motifs is 3. The van der Waals surface area contributed by atoms with E-state index in [2.05, 4.69) is 22.8 Å². The van der Waals surface area contributed by atoms with E-state index in [9.17, 15) is 18.8 Å². The number of carbonyl (C=O) groups is 3. The van der Waals surface area contributed by atoms with Crippen molar-refractivity contribution in [2.45, 2.75) is 77.0 Å². The van der Waals surface area contributed by atoms with Crippen LogP contribution >= 0.6 is 0 Å². The Morgan fingerprint density at radius 3 is 2.00 bits per heavy atom. The van der Waals surface area contributed by atoms with Crippen molar-refractivity contribution in [3.63, 3.8) is 0 Å². The highest BCUT2D eigenvalue weighted by Gasteiger charge is 2.31. The Kier molecular flexibility index (Phi) is 9.34. The molecule has 0 saturated heterocycles. The molecule has 0 aliphatic heterocycles. The van der Waals surface area contributed by atoms with Crippen molar-refractivity contribution in [2.24, 2.45) is 0 Å². The Labute approximate surface area is 246 Å². The molecule has 0 unspecified atom stereocenters. The number of amides is 2. The van der Waals surface area contributed by atoms with Crippen molar-refractivity contribution in [1.29, 1.82) is 0 Å². The fourth-order valence-electron chi connectivity index (χ4n) is 5.28. The van der Waals surface area contributed by atoms with Gasteiger partial charge >= 0.3 is 12.1 Å². The highest BCUT2D eigenvalue weighted by atomic mass is 19.1. The van der Waals surface area contributed by atoms with E-state index in [1.807, 2.05) is 50.2 Å². The Morgan fingerprint density at radius 2 is 1.43 bits per heavy atom. The second kappa shape index (κ2) is 12.8. The van der Waals surface area contributed by atoms with Gasteiger partial charge in [-0.25, -0.2) is 9.18 Å². The van der Waals surface area contributed by atoms with Crippen LogP contribution in [0.1, 0.15) is 70.1 Å². The molecule has 2 amide bonds. The molecule has 3 aromatic carbocycles. The Morgan fingerprint density at radius 1 is 0.857 bits per heavy atom. The van der Waals surface area contributed by atoms with Crippen molar-refractivity contribution in [1.82, 2.24) is 10.6 Å². The molecule has 0 bridgehead atoms. The maximum absolute atomic E-state index is 13.4. The van der Waals surface area contributed by atoms with E-state index in [4.69, 9.17) is 9.47 Å². The fourth-order valence-corrected chi connectivity index (χ4v) is 5.28. The molecule has 0 aromatic heterocycles. The van der Waals surface area contributed by atoms with E-state index in [0.29, 0.717) is 6.42 Å². The first-order chi connectivity index (χ1) is 19.8. The fraction of sp³-hybridized carbons (Fsp3) is 0.382. The SMILES string of the molecule is CC(C)(Cc1ccc(F)cc1)NC(=O)[C@H](CCC(=O)OC(C)(C)C)NC(=O)OCC1c2ccccc2-c2ccccc21. The van der Waals surface area contributed by atoms with Crippen LogP contribution in [0.3, 0.4) is 0 Å². The molecule has 1 atom stereocenters. The normalized spacial score (nSPS) is 13.5. The monoisotopic (exact) mass is 574 g/mol. The second-order valence-electron chi connectivity index (χ2n) is 12.3. The Bertz CT molecular complexity index is 1380. The van der Waals surface area contributed by atoms with Gasteiger partial charge in [0.1, 0.15) is 24.1 Å². The van der Waals surface area contributed by atoms with Crippen LogP contribution in [0.2, 0.25) is 0 Å². The molecule has 1 aliphatic rings. The van der Waals surface area contributed by atoms with Gasteiger partial charge in [-0.05, 0) is 87.4 Å². The zero-order valence-corrected chi connectivity index (χ0v) is 24.8. The molecule has 0 fully saturated rings. The van der Waals surface area contributed by atoms with Crippen molar-refractivity contribution >= 4 is 18.0 Å². The second-order valence-corrected chi connectivity index (χ2v) is 12.3. The van der Waals surface area contributed by atoms with E-state index in [-0.39, 0.29) is 31.2 Å². The Hall–Kier alpha value is -4.20. The zero-order valence-electron chi connectivity index (χ0n) is 24.8. The van der Waals surface area contributed by atoms with Crippen LogP contribution in [-0.4, -0.2) is 41.8 Å². The molecule has 0 heterocycles. The molecular formula is C34H39FN2O5. The lowest BCUT2D eigenvalue weighted by molar-refractivity contribution is -0.155. The smallest absolute Gasteiger partial charge is 0.407 e. The predicted octanol–water partition coefficient (Wildman–Crippen LogP) is 6.29. The molecule has 3 aromatic rings. The van der Waals surface area contributed by atoms with Crippen LogP contribution in [-0.2, 0) is 25.5 Å². The summed E-state index contributed by atoms with van der Waals surface area (Å²) in [6, 6.07) is 21.1. The van der Waals surface area contributed by atoms with Crippen LogP contribution in [0, 0.1) is 5.82 Å². The van der Waals surface area contributed by atoms with E-state index in [0.717, 1.165) is 27.8 Å². The third-order valence-electron chi connectivity index (χ3n) is 7.03. The van der Waals surface area contributed by atoms with Crippen LogP contribution < -0.4 is 10.6 Å². The summed E-state index contributed by atoms with van der Waals surface area (Å²) in [6.07, 6.45) is -0.366. The van der Waals surface area contributed by atoms with Crippen LogP contribution in [0.5, 0.6) is 0 Å². The topological polar surface area (TPSA) is 93.7 Å². The minimum Gasteiger partial charge on any atom is -0.460 e. The average Bonchev–Trinajstić information content (AvgIpc) is 3.23. The maximum atomic E-state index is 13.4. The lowest BCUT2D eigenvalue weighted by Gasteiger charge is -2.29. The largest absolute Gasteiger partial charge is 0.460 e. The molecular weight excluding hydrogens is 535 g/mol. The number of carbonyl (C=O) groups excluding carboxylic acids is 3. The first-order valence-corrected chi connectivity index (χ1v) is 14.2. The van der Waals surface area contributed by atoms with Gasteiger partial charge in [-0.3, -0.25) is 9.59 Å². The highest BCUT2D eigenvalue weighted by molar-refractivity contribution is 5.87. The predicted molar refractivity (Wildman–Crippen MR) is 159 cm³/mol. The van der Waals surface area contributed by atoms with E-state index in [1.165, 1.54) is 12.1 Å². The number of ether oxygens (including phenoxy) is 2. The summed E-state index contributed by atoms with van der Waals surface area (Å²) in [7, 11) is 0. The van der Waals surface area contributed by atoms with Crippen molar-refractivity contribution in [2.75, 3.05) is 6.61 Å². The average molecular weight is 575 g/mol. The van der Waals surface area contributed by atoms with Gasteiger partial charge in [0.15, 0.2) is 0 Å². The Balaban J connectivity index is 1.43. The third-order valence-corrected chi connectivity index (χ3v) is 7.03. The van der Waals surface area contributed by atoms with Gasteiger partial charge in [0, 0.05) is 17.9 Å². The number of nitrogens with one attached hydrogen (secondary N) is 2. The summed E-state index contributed by atoms with van der Waals surface area (Å²) in [6.45, 7) is 9.07. The number of rotatable bonds is 10. The van der Waals surface area contributed by atoms with E-state index < -0.39 is 35.2 Å².